The van der Waals surface area contributed by atoms with Crippen LogP contribution in [0.4, 0.5) is 0 Å². The van der Waals surface area contributed by atoms with Crippen LogP contribution in [0.1, 0.15) is 22.0 Å². The topological polar surface area (TPSA) is 165 Å². The highest BCUT2D eigenvalue weighted by Crippen LogP contribution is 2.37. The molecule has 2 unspecified atom stereocenters. The van der Waals surface area contributed by atoms with Crippen molar-refractivity contribution in [3.05, 3.63) is 47.4 Å². The van der Waals surface area contributed by atoms with Gasteiger partial charge in [0.05, 0.1) is 35.3 Å². The van der Waals surface area contributed by atoms with Crippen molar-refractivity contribution in [1.29, 1.82) is 0 Å². The Morgan fingerprint density at radius 3 is 2.85 bits per heavy atom. The molecule has 1 N–H and O–H groups in total. The number of hydrogen-bond acceptors (Lipinski definition) is 11. The molecule has 1 aromatic carbocycles. The molecule has 15 heteroatoms. The second kappa shape index (κ2) is 9.74. The van der Waals surface area contributed by atoms with E-state index in [4.69, 9.17) is 9.15 Å². The summed E-state index contributed by atoms with van der Waals surface area (Å²) in [4.78, 5) is 4.52. The average molecular weight is 512 g/mol. The fourth-order valence-corrected chi connectivity index (χ4v) is 6.30. The van der Waals surface area contributed by atoms with Crippen LogP contribution in [0.2, 0.25) is 0 Å². The zero-order chi connectivity index (χ0) is 23.6. The van der Waals surface area contributed by atoms with Crippen LogP contribution in [0.3, 0.4) is 0 Å². The number of rotatable bonds is 10. The van der Waals surface area contributed by atoms with E-state index in [1.54, 1.807) is 10.9 Å². The Kier molecular flexibility index (Phi) is 6.96. The van der Waals surface area contributed by atoms with Gasteiger partial charge in [0.1, 0.15) is 5.01 Å². The molecule has 0 fully saturated rings. The maximum Gasteiger partial charge on any atom is 0.241 e. The molecule has 0 aliphatic carbocycles. The molecular weight excluding hydrogens is 492 g/mol. The van der Waals surface area contributed by atoms with Crippen LogP contribution in [-0.2, 0) is 39.4 Å². The number of nitrogens with one attached hydrogen (secondary N) is 1. The number of hydrogen-bond donors (Lipinski definition) is 1. The summed E-state index contributed by atoms with van der Waals surface area (Å²) in [7, 11) is -0.615. The average Bonchev–Trinajstić information content (AvgIpc) is 3.50. The van der Waals surface area contributed by atoms with Crippen LogP contribution in [-0.4, -0.2) is 61.6 Å². The standard InChI is InChI=1S/C18H20N6O6S3/c1-24-10-12(8-19-24)11-3-4-13-14(7-11)31-18(21-13)16(33(27,28)6-5-29-2)17-23-22-15(30-17)9-20-32(25)26/h3-4,7-8,10,16,20H,5-6,9H2,1-2H3,(H,25,26)/p-1. The van der Waals surface area contributed by atoms with E-state index in [2.05, 4.69) is 25.0 Å². The van der Waals surface area contributed by atoms with Gasteiger partial charge in [-0.25, -0.2) is 18.1 Å². The molecular formula is C18H19N6O6S3-. The molecule has 0 saturated heterocycles. The lowest BCUT2D eigenvalue weighted by molar-refractivity contribution is 0.217. The number of aryl methyl sites for hydroxylation is 1. The third-order valence-electron chi connectivity index (χ3n) is 4.65. The fourth-order valence-electron chi connectivity index (χ4n) is 3.10. The van der Waals surface area contributed by atoms with Gasteiger partial charge < -0.3 is 13.7 Å². The molecule has 0 radical (unpaired) electrons. The third kappa shape index (κ3) is 5.34. The minimum Gasteiger partial charge on any atom is -0.760 e. The van der Waals surface area contributed by atoms with Crippen molar-refractivity contribution in [2.24, 2.45) is 7.05 Å². The molecule has 176 valence electrons. The van der Waals surface area contributed by atoms with E-state index in [0.717, 1.165) is 15.8 Å². The zero-order valence-electron chi connectivity index (χ0n) is 17.5. The number of methoxy groups -OCH3 is 1. The van der Waals surface area contributed by atoms with Gasteiger partial charge in [-0.1, -0.05) is 6.07 Å². The number of thiazole rings is 1. The van der Waals surface area contributed by atoms with Crippen molar-refractivity contribution in [3.63, 3.8) is 0 Å². The van der Waals surface area contributed by atoms with E-state index in [1.165, 1.54) is 18.4 Å². The smallest absolute Gasteiger partial charge is 0.241 e. The van der Waals surface area contributed by atoms with Crippen molar-refractivity contribution in [1.82, 2.24) is 29.7 Å². The van der Waals surface area contributed by atoms with Crippen molar-refractivity contribution < 1.29 is 26.3 Å². The molecule has 2 atom stereocenters. The van der Waals surface area contributed by atoms with E-state index < -0.39 is 26.4 Å². The van der Waals surface area contributed by atoms with Crippen molar-refractivity contribution in [2.45, 2.75) is 11.8 Å². The van der Waals surface area contributed by atoms with E-state index in [-0.39, 0.29) is 35.7 Å². The molecule has 4 aromatic rings. The first-order valence-electron chi connectivity index (χ1n) is 9.52. The van der Waals surface area contributed by atoms with Gasteiger partial charge in [0, 0.05) is 37.2 Å². The molecule has 33 heavy (non-hydrogen) atoms. The summed E-state index contributed by atoms with van der Waals surface area (Å²) in [5.74, 6) is -0.543. The van der Waals surface area contributed by atoms with Crippen LogP contribution in [0.5, 0.6) is 0 Å². The van der Waals surface area contributed by atoms with Gasteiger partial charge in [-0.2, -0.15) is 5.10 Å². The maximum absolute atomic E-state index is 13.2. The van der Waals surface area contributed by atoms with Gasteiger partial charge >= 0.3 is 0 Å². The predicted molar refractivity (Wildman–Crippen MR) is 119 cm³/mol. The number of benzene rings is 1. The van der Waals surface area contributed by atoms with E-state index in [9.17, 15) is 17.2 Å². The summed E-state index contributed by atoms with van der Waals surface area (Å²) in [6.45, 7) is -0.283. The molecule has 3 heterocycles. The number of ether oxygens (including phenoxy) is 1. The largest absolute Gasteiger partial charge is 0.760 e. The predicted octanol–water partition coefficient (Wildman–Crippen LogP) is 1.11. The molecule has 0 saturated carbocycles. The van der Waals surface area contributed by atoms with E-state index in [0.29, 0.717) is 5.52 Å². The van der Waals surface area contributed by atoms with Crippen LogP contribution in [0, 0.1) is 0 Å². The maximum atomic E-state index is 13.2. The van der Waals surface area contributed by atoms with Crippen LogP contribution in [0.15, 0.2) is 35.0 Å². The molecule has 0 bridgehead atoms. The molecule has 4 rings (SSSR count). The Labute approximate surface area is 195 Å². The van der Waals surface area contributed by atoms with Crippen molar-refractivity contribution in [2.75, 3.05) is 19.5 Å². The summed E-state index contributed by atoms with van der Waals surface area (Å²) in [6.07, 6.45) is 3.62. The van der Waals surface area contributed by atoms with Crippen LogP contribution < -0.4 is 4.72 Å². The monoisotopic (exact) mass is 511 g/mol. The lowest BCUT2D eigenvalue weighted by Crippen LogP contribution is -2.21. The number of aromatic nitrogens is 5. The first-order chi connectivity index (χ1) is 15.8. The Balaban J connectivity index is 1.74. The molecule has 0 aliphatic heterocycles. The summed E-state index contributed by atoms with van der Waals surface area (Å²) < 4.78 is 62.8. The summed E-state index contributed by atoms with van der Waals surface area (Å²) >= 11 is -1.33. The van der Waals surface area contributed by atoms with Crippen LogP contribution >= 0.6 is 11.3 Å². The zero-order valence-corrected chi connectivity index (χ0v) is 19.9. The molecule has 0 spiro atoms. The Morgan fingerprint density at radius 2 is 2.15 bits per heavy atom. The fraction of sp³-hybridized carbons (Fsp3) is 0.333. The Bertz CT molecular complexity index is 1400. The quantitative estimate of drug-likeness (QED) is 0.305. The second-order valence-electron chi connectivity index (χ2n) is 6.97. The van der Waals surface area contributed by atoms with Gasteiger partial charge in [0.25, 0.3) is 0 Å². The van der Waals surface area contributed by atoms with Gasteiger partial charge in [-0.3, -0.25) is 8.89 Å². The van der Waals surface area contributed by atoms with Crippen molar-refractivity contribution in [3.8, 4) is 11.1 Å². The van der Waals surface area contributed by atoms with E-state index in [1.807, 2.05) is 31.4 Å². The Morgan fingerprint density at radius 1 is 1.33 bits per heavy atom. The normalized spacial score (nSPS) is 14.0. The molecule has 12 nitrogen and oxygen atoms in total. The highest BCUT2D eigenvalue weighted by molar-refractivity contribution is 7.92. The highest BCUT2D eigenvalue weighted by atomic mass is 32.2. The van der Waals surface area contributed by atoms with Gasteiger partial charge in [0.2, 0.25) is 11.8 Å². The lowest BCUT2D eigenvalue weighted by Gasteiger charge is -2.11. The van der Waals surface area contributed by atoms with Gasteiger partial charge in [0.15, 0.2) is 15.1 Å². The minimum absolute atomic E-state index is 0.0212. The van der Waals surface area contributed by atoms with Gasteiger partial charge in [-0.05, 0) is 17.7 Å². The van der Waals surface area contributed by atoms with Gasteiger partial charge in [-0.15, -0.1) is 21.5 Å². The second-order valence-corrected chi connectivity index (χ2v) is 11.0. The van der Waals surface area contributed by atoms with Crippen LogP contribution in [0.25, 0.3) is 21.3 Å². The number of nitrogens with zero attached hydrogens (tertiary/aromatic N) is 5. The Hall–Kier alpha value is -2.56. The van der Waals surface area contributed by atoms with E-state index >= 15 is 0 Å². The molecule has 0 amide bonds. The first-order valence-corrected chi connectivity index (χ1v) is 13.1. The molecule has 0 aliphatic rings. The lowest BCUT2D eigenvalue weighted by atomic mass is 10.1. The summed E-state index contributed by atoms with van der Waals surface area (Å²) in [6, 6.07) is 5.61. The first kappa shape index (κ1) is 23.6. The number of fused-ring (bicyclic) bond motifs is 1. The highest BCUT2D eigenvalue weighted by Gasteiger charge is 2.36. The summed E-state index contributed by atoms with van der Waals surface area (Å²) in [5, 5.41) is 10.7. The summed E-state index contributed by atoms with van der Waals surface area (Å²) in [5.41, 5.74) is 2.46. The SMILES string of the molecule is COCCS(=O)(=O)C(c1nnc(CNS(=O)[O-])o1)c1nc2ccc(-c3cnn(C)c3)cc2s1. The number of sulfone groups is 1. The third-order valence-corrected chi connectivity index (χ3v) is 8.14. The molecule has 3 aromatic heterocycles. The van der Waals surface area contributed by atoms with Crippen molar-refractivity contribution >= 4 is 42.7 Å². The minimum atomic E-state index is -3.84.